The Morgan fingerprint density at radius 1 is 1.43 bits per heavy atom. The molecule has 0 bridgehead atoms. The average molecular weight is 208 g/mol. The van der Waals surface area contributed by atoms with Crippen LogP contribution in [-0.4, -0.2) is 11.7 Å². The lowest BCUT2D eigenvalue weighted by Gasteiger charge is -1.99. The van der Waals surface area contributed by atoms with Gasteiger partial charge in [0, 0.05) is 16.7 Å². The molecule has 0 spiro atoms. The molecule has 0 saturated heterocycles. The molecule has 2 aromatic rings. The SMILES string of the molecule is CCOCc1csc2ccc(O)cc12. The second-order valence-electron chi connectivity index (χ2n) is 3.08. The van der Waals surface area contributed by atoms with E-state index in [9.17, 15) is 5.11 Å². The van der Waals surface area contributed by atoms with Gasteiger partial charge in [0.05, 0.1) is 6.61 Å². The van der Waals surface area contributed by atoms with Gasteiger partial charge in [0.25, 0.3) is 0 Å². The van der Waals surface area contributed by atoms with E-state index in [1.54, 1.807) is 23.5 Å². The summed E-state index contributed by atoms with van der Waals surface area (Å²) in [6.45, 7) is 3.32. The highest BCUT2D eigenvalue weighted by atomic mass is 32.1. The van der Waals surface area contributed by atoms with Gasteiger partial charge in [0.1, 0.15) is 5.75 Å². The van der Waals surface area contributed by atoms with Crippen LogP contribution >= 0.6 is 11.3 Å². The number of benzene rings is 1. The zero-order chi connectivity index (χ0) is 9.97. The Morgan fingerprint density at radius 3 is 3.07 bits per heavy atom. The summed E-state index contributed by atoms with van der Waals surface area (Å²) in [4.78, 5) is 0. The number of rotatable bonds is 3. The molecular weight excluding hydrogens is 196 g/mol. The molecule has 0 amide bonds. The molecule has 0 saturated carbocycles. The van der Waals surface area contributed by atoms with Gasteiger partial charge in [-0.25, -0.2) is 0 Å². The van der Waals surface area contributed by atoms with Crippen LogP contribution in [0, 0.1) is 0 Å². The van der Waals surface area contributed by atoms with Crippen LogP contribution in [0.15, 0.2) is 23.6 Å². The summed E-state index contributed by atoms with van der Waals surface area (Å²) in [6, 6.07) is 5.44. The molecule has 2 rings (SSSR count). The number of hydrogen-bond donors (Lipinski definition) is 1. The average Bonchev–Trinajstić information content (AvgIpc) is 2.57. The van der Waals surface area contributed by atoms with E-state index in [-0.39, 0.29) is 0 Å². The fourth-order valence-electron chi connectivity index (χ4n) is 1.39. The van der Waals surface area contributed by atoms with Gasteiger partial charge in [-0.3, -0.25) is 0 Å². The number of thiophene rings is 1. The molecule has 0 fully saturated rings. The highest BCUT2D eigenvalue weighted by Crippen LogP contribution is 2.29. The summed E-state index contributed by atoms with van der Waals surface area (Å²) in [6.07, 6.45) is 0. The van der Waals surface area contributed by atoms with Gasteiger partial charge in [-0.15, -0.1) is 11.3 Å². The summed E-state index contributed by atoms with van der Waals surface area (Å²) in [5.74, 6) is 0.314. The lowest BCUT2D eigenvalue weighted by molar-refractivity contribution is 0.135. The van der Waals surface area contributed by atoms with Crippen molar-refractivity contribution in [2.75, 3.05) is 6.61 Å². The third-order valence-corrected chi connectivity index (χ3v) is 3.11. The maximum atomic E-state index is 9.36. The summed E-state index contributed by atoms with van der Waals surface area (Å²) >= 11 is 1.68. The van der Waals surface area contributed by atoms with E-state index in [0.29, 0.717) is 12.4 Å². The van der Waals surface area contributed by atoms with Crippen molar-refractivity contribution in [1.29, 1.82) is 0 Å². The van der Waals surface area contributed by atoms with Crippen molar-refractivity contribution in [3.63, 3.8) is 0 Å². The van der Waals surface area contributed by atoms with E-state index in [4.69, 9.17) is 4.74 Å². The molecule has 0 aliphatic rings. The van der Waals surface area contributed by atoms with Crippen molar-refractivity contribution >= 4 is 21.4 Å². The van der Waals surface area contributed by atoms with E-state index in [1.165, 1.54) is 4.70 Å². The lowest BCUT2D eigenvalue weighted by Crippen LogP contribution is -1.89. The molecule has 3 heteroatoms. The van der Waals surface area contributed by atoms with E-state index in [0.717, 1.165) is 17.6 Å². The molecule has 1 aromatic carbocycles. The number of phenolic OH excluding ortho intramolecular Hbond substituents is 1. The molecule has 14 heavy (non-hydrogen) atoms. The molecule has 1 aromatic heterocycles. The van der Waals surface area contributed by atoms with Gasteiger partial charge in [-0.05, 0) is 36.1 Å². The Hall–Kier alpha value is -1.06. The Morgan fingerprint density at radius 2 is 2.29 bits per heavy atom. The van der Waals surface area contributed by atoms with Crippen molar-refractivity contribution < 1.29 is 9.84 Å². The van der Waals surface area contributed by atoms with Gasteiger partial charge in [-0.1, -0.05) is 0 Å². The summed E-state index contributed by atoms with van der Waals surface area (Å²) in [5, 5.41) is 12.5. The highest BCUT2D eigenvalue weighted by Gasteiger charge is 2.04. The van der Waals surface area contributed by atoms with E-state index >= 15 is 0 Å². The molecule has 0 radical (unpaired) electrons. The standard InChI is InChI=1S/C11H12O2S/c1-2-13-6-8-7-14-11-4-3-9(12)5-10(8)11/h3-5,7,12H,2,6H2,1H3. The van der Waals surface area contributed by atoms with Gasteiger partial charge in [0.15, 0.2) is 0 Å². The fraction of sp³-hybridized carbons (Fsp3) is 0.273. The Labute approximate surface area is 86.8 Å². The van der Waals surface area contributed by atoms with Crippen LogP contribution in [0.5, 0.6) is 5.75 Å². The smallest absolute Gasteiger partial charge is 0.116 e. The molecule has 0 aliphatic heterocycles. The van der Waals surface area contributed by atoms with Crippen LogP contribution in [0.2, 0.25) is 0 Å². The third-order valence-electron chi connectivity index (χ3n) is 2.10. The Kier molecular flexibility index (Phi) is 2.70. The summed E-state index contributed by atoms with van der Waals surface area (Å²) < 4.78 is 6.54. The minimum absolute atomic E-state index is 0.314. The first-order valence-electron chi connectivity index (χ1n) is 4.58. The van der Waals surface area contributed by atoms with Crippen molar-refractivity contribution in [1.82, 2.24) is 0 Å². The molecule has 2 nitrogen and oxygen atoms in total. The van der Waals surface area contributed by atoms with Gasteiger partial charge < -0.3 is 9.84 Å². The minimum Gasteiger partial charge on any atom is -0.508 e. The number of phenols is 1. The van der Waals surface area contributed by atoms with Crippen LogP contribution in [0.25, 0.3) is 10.1 Å². The van der Waals surface area contributed by atoms with Crippen LogP contribution in [-0.2, 0) is 11.3 Å². The third kappa shape index (κ3) is 1.74. The molecule has 0 aliphatic carbocycles. The highest BCUT2D eigenvalue weighted by molar-refractivity contribution is 7.17. The van der Waals surface area contributed by atoms with Crippen LogP contribution < -0.4 is 0 Å². The Bertz CT molecular complexity index is 434. The monoisotopic (exact) mass is 208 g/mol. The van der Waals surface area contributed by atoms with Gasteiger partial charge >= 0.3 is 0 Å². The van der Waals surface area contributed by atoms with Crippen molar-refractivity contribution in [2.24, 2.45) is 0 Å². The van der Waals surface area contributed by atoms with E-state index < -0.39 is 0 Å². The molecule has 74 valence electrons. The minimum atomic E-state index is 0.314. The second-order valence-corrected chi connectivity index (χ2v) is 3.99. The van der Waals surface area contributed by atoms with Crippen molar-refractivity contribution in [2.45, 2.75) is 13.5 Å². The van der Waals surface area contributed by atoms with E-state index in [2.05, 4.69) is 5.38 Å². The number of hydrogen-bond acceptors (Lipinski definition) is 3. The number of ether oxygens (including phenoxy) is 1. The van der Waals surface area contributed by atoms with Crippen LogP contribution in [0.4, 0.5) is 0 Å². The predicted octanol–water partition coefficient (Wildman–Crippen LogP) is 3.14. The quantitative estimate of drug-likeness (QED) is 0.839. The van der Waals surface area contributed by atoms with E-state index in [1.807, 2.05) is 13.0 Å². The number of fused-ring (bicyclic) bond motifs is 1. The summed E-state index contributed by atoms with van der Waals surface area (Å²) in [7, 11) is 0. The predicted molar refractivity (Wildman–Crippen MR) is 58.8 cm³/mol. The molecule has 0 unspecified atom stereocenters. The van der Waals surface area contributed by atoms with Crippen molar-refractivity contribution in [3.05, 3.63) is 29.1 Å². The maximum Gasteiger partial charge on any atom is 0.116 e. The topological polar surface area (TPSA) is 29.5 Å². The summed E-state index contributed by atoms with van der Waals surface area (Å²) in [5.41, 5.74) is 1.16. The van der Waals surface area contributed by atoms with Gasteiger partial charge in [0.2, 0.25) is 0 Å². The zero-order valence-electron chi connectivity index (χ0n) is 7.99. The van der Waals surface area contributed by atoms with Crippen LogP contribution in [0.3, 0.4) is 0 Å². The lowest BCUT2D eigenvalue weighted by atomic mass is 10.2. The largest absolute Gasteiger partial charge is 0.508 e. The first-order chi connectivity index (χ1) is 6.81. The first kappa shape index (κ1) is 9.49. The fourth-order valence-corrected chi connectivity index (χ4v) is 2.32. The van der Waals surface area contributed by atoms with Gasteiger partial charge in [-0.2, -0.15) is 0 Å². The van der Waals surface area contributed by atoms with Crippen LogP contribution in [0.1, 0.15) is 12.5 Å². The normalized spacial score (nSPS) is 10.9. The zero-order valence-corrected chi connectivity index (χ0v) is 8.80. The first-order valence-corrected chi connectivity index (χ1v) is 5.46. The van der Waals surface area contributed by atoms with Crippen molar-refractivity contribution in [3.8, 4) is 5.75 Å². The molecule has 1 N–H and O–H groups in total. The Balaban J connectivity index is 2.40. The molecule has 1 heterocycles. The molecular formula is C11H12O2S. The maximum absolute atomic E-state index is 9.36. The second kappa shape index (κ2) is 3.98. The molecule has 0 atom stereocenters. The number of aromatic hydroxyl groups is 1.